The first kappa shape index (κ1) is 14.3. The monoisotopic (exact) mass is 261 g/mol. The molecule has 1 amide bonds. The highest BCUT2D eigenvalue weighted by atomic mass is 19.4. The van der Waals surface area contributed by atoms with Gasteiger partial charge in [0, 0.05) is 32.5 Å². The molecule has 7 heteroatoms. The zero-order valence-electron chi connectivity index (χ0n) is 10.1. The van der Waals surface area contributed by atoms with Crippen molar-refractivity contribution < 1.29 is 18.0 Å². The smallest absolute Gasteiger partial charge is 0.388 e. The first-order valence-corrected chi connectivity index (χ1v) is 5.29. The molecule has 0 bridgehead atoms. The largest absolute Gasteiger partial charge is 0.390 e. The number of pyridine rings is 1. The number of aromatic nitrogens is 1. The van der Waals surface area contributed by atoms with E-state index in [9.17, 15) is 18.0 Å². The van der Waals surface area contributed by atoms with E-state index in [0.29, 0.717) is 5.69 Å². The standard InChI is InChI=1S/C11H14F3N3O/c1-15-8-3-5-16-9(7-8)10(18)17(2)6-4-11(12,13)14/h3,5,7H,4,6H2,1-2H3,(H,15,16). The van der Waals surface area contributed by atoms with Gasteiger partial charge < -0.3 is 10.2 Å². The van der Waals surface area contributed by atoms with E-state index in [-0.39, 0.29) is 12.2 Å². The Morgan fingerprint density at radius 3 is 2.72 bits per heavy atom. The van der Waals surface area contributed by atoms with Crippen LogP contribution < -0.4 is 5.32 Å². The van der Waals surface area contributed by atoms with Gasteiger partial charge in [-0.25, -0.2) is 0 Å². The van der Waals surface area contributed by atoms with Crippen molar-refractivity contribution in [2.45, 2.75) is 12.6 Å². The van der Waals surface area contributed by atoms with Gasteiger partial charge in [0.15, 0.2) is 0 Å². The minimum Gasteiger partial charge on any atom is -0.388 e. The molecule has 1 aromatic heterocycles. The summed E-state index contributed by atoms with van der Waals surface area (Å²) in [6, 6.07) is 3.15. The van der Waals surface area contributed by atoms with Gasteiger partial charge in [0.1, 0.15) is 5.69 Å². The number of carbonyl (C=O) groups is 1. The van der Waals surface area contributed by atoms with E-state index in [0.717, 1.165) is 4.90 Å². The number of anilines is 1. The number of amides is 1. The summed E-state index contributed by atoms with van der Waals surface area (Å²) in [7, 11) is 3.00. The number of nitrogens with one attached hydrogen (secondary N) is 1. The second-order valence-corrected chi connectivity index (χ2v) is 3.77. The van der Waals surface area contributed by atoms with E-state index < -0.39 is 18.5 Å². The fourth-order valence-corrected chi connectivity index (χ4v) is 1.29. The molecule has 100 valence electrons. The van der Waals surface area contributed by atoms with Crippen LogP contribution >= 0.6 is 0 Å². The van der Waals surface area contributed by atoms with Gasteiger partial charge in [0.05, 0.1) is 6.42 Å². The number of carbonyl (C=O) groups excluding carboxylic acids is 1. The van der Waals surface area contributed by atoms with Crippen molar-refractivity contribution in [3.8, 4) is 0 Å². The van der Waals surface area contributed by atoms with Crippen molar-refractivity contribution in [3.05, 3.63) is 24.0 Å². The van der Waals surface area contributed by atoms with Gasteiger partial charge in [-0.2, -0.15) is 13.2 Å². The van der Waals surface area contributed by atoms with Crippen molar-refractivity contribution in [2.24, 2.45) is 0 Å². The Morgan fingerprint density at radius 1 is 1.50 bits per heavy atom. The summed E-state index contributed by atoms with van der Waals surface area (Å²) in [4.78, 5) is 16.6. The lowest BCUT2D eigenvalue weighted by Gasteiger charge is -2.17. The van der Waals surface area contributed by atoms with Gasteiger partial charge >= 0.3 is 6.18 Å². The quantitative estimate of drug-likeness (QED) is 0.903. The lowest BCUT2D eigenvalue weighted by molar-refractivity contribution is -0.136. The van der Waals surface area contributed by atoms with E-state index in [1.807, 2.05) is 0 Å². The van der Waals surface area contributed by atoms with Crippen LogP contribution in [0.2, 0.25) is 0 Å². The van der Waals surface area contributed by atoms with Crippen LogP contribution in [0.5, 0.6) is 0 Å². The number of hydrogen-bond donors (Lipinski definition) is 1. The third-order valence-corrected chi connectivity index (χ3v) is 2.35. The summed E-state index contributed by atoms with van der Waals surface area (Å²) in [6.45, 7) is -0.381. The predicted molar refractivity (Wildman–Crippen MR) is 61.4 cm³/mol. The maximum Gasteiger partial charge on any atom is 0.390 e. The number of halogens is 3. The number of nitrogens with zero attached hydrogens (tertiary/aromatic N) is 2. The molecule has 0 unspecified atom stereocenters. The van der Waals surface area contributed by atoms with Gasteiger partial charge in [0.25, 0.3) is 5.91 Å². The Hall–Kier alpha value is -1.79. The molecular formula is C11H14F3N3O. The molecule has 0 saturated carbocycles. The lowest BCUT2D eigenvalue weighted by Crippen LogP contribution is -2.31. The van der Waals surface area contributed by atoms with E-state index in [4.69, 9.17) is 0 Å². The van der Waals surface area contributed by atoms with Crippen molar-refractivity contribution >= 4 is 11.6 Å². The van der Waals surface area contributed by atoms with Gasteiger partial charge in [0.2, 0.25) is 0 Å². The van der Waals surface area contributed by atoms with Crippen LogP contribution in [0.15, 0.2) is 18.3 Å². The van der Waals surface area contributed by atoms with Gasteiger partial charge in [-0.3, -0.25) is 9.78 Å². The predicted octanol–water partition coefficient (Wildman–Crippen LogP) is 2.15. The summed E-state index contributed by atoms with van der Waals surface area (Å²) in [5.41, 5.74) is 0.795. The zero-order valence-corrected chi connectivity index (χ0v) is 10.1. The molecule has 0 atom stereocenters. The minimum absolute atomic E-state index is 0.117. The SMILES string of the molecule is CNc1ccnc(C(=O)N(C)CCC(F)(F)F)c1. The van der Waals surface area contributed by atoms with Crippen LogP contribution in [-0.4, -0.2) is 42.6 Å². The molecule has 18 heavy (non-hydrogen) atoms. The summed E-state index contributed by atoms with van der Waals surface area (Å²) >= 11 is 0. The molecule has 0 aliphatic carbocycles. The summed E-state index contributed by atoms with van der Waals surface area (Å²) in [5.74, 6) is -0.531. The number of rotatable bonds is 4. The Morgan fingerprint density at radius 2 is 2.17 bits per heavy atom. The number of hydrogen-bond acceptors (Lipinski definition) is 3. The lowest BCUT2D eigenvalue weighted by atomic mass is 10.2. The first-order valence-electron chi connectivity index (χ1n) is 5.29. The van der Waals surface area contributed by atoms with Gasteiger partial charge in [-0.1, -0.05) is 0 Å². The third kappa shape index (κ3) is 4.23. The van der Waals surface area contributed by atoms with Crippen molar-refractivity contribution in [1.82, 2.24) is 9.88 Å². The molecule has 0 saturated heterocycles. The van der Waals surface area contributed by atoms with Gasteiger partial charge in [-0.15, -0.1) is 0 Å². The third-order valence-electron chi connectivity index (χ3n) is 2.35. The molecule has 0 spiro atoms. The van der Waals surface area contributed by atoms with Crippen LogP contribution in [0.3, 0.4) is 0 Å². The van der Waals surface area contributed by atoms with Crippen molar-refractivity contribution in [2.75, 3.05) is 26.0 Å². The Bertz CT molecular complexity index is 420. The maximum absolute atomic E-state index is 12.0. The van der Waals surface area contributed by atoms with E-state index in [1.54, 1.807) is 13.1 Å². The molecule has 4 nitrogen and oxygen atoms in total. The van der Waals surface area contributed by atoms with Crippen LogP contribution in [0.25, 0.3) is 0 Å². The van der Waals surface area contributed by atoms with Crippen molar-refractivity contribution in [3.63, 3.8) is 0 Å². The molecule has 0 fully saturated rings. The second-order valence-electron chi connectivity index (χ2n) is 3.77. The molecule has 0 radical (unpaired) electrons. The Labute approximate surface area is 103 Å². The van der Waals surface area contributed by atoms with Gasteiger partial charge in [-0.05, 0) is 12.1 Å². The molecule has 1 rings (SSSR count). The summed E-state index contributed by atoms with van der Waals surface area (Å²) in [5, 5.41) is 2.83. The molecule has 0 aliphatic rings. The van der Waals surface area contributed by atoms with E-state index in [1.165, 1.54) is 19.3 Å². The number of alkyl halides is 3. The Balaban J connectivity index is 2.68. The molecule has 1 N–H and O–H groups in total. The topological polar surface area (TPSA) is 45.2 Å². The molecule has 0 aliphatic heterocycles. The fraction of sp³-hybridized carbons (Fsp3) is 0.455. The summed E-state index contributed by atoms with van der Waals surface area (Å²) in [6.07, 6.45) is -3.87. The average Bonchev–Trinajstić information content (AvgIpc) is 2.34. The van der Waals surface area contributed by atoms with Crippen LogP contribution in [-0.2, 0) is 0 Å². The normalized spacial score (nSPS) is 11.2. The highest BCUT2D eigenvalue weighted by Crippen LogP contribution is 2.20. The molecule has 1 heterocycles. The average molecular weight is 261 g/mol. The Kier molecular flexibility index (Phi) is 4.52. The molecule has 0 aromatic carbocycles. The maximum atomic E-state index is 12.0. The highest BCUT2D eigenvalue weighted by molar-refractivity contribution is 5.92. The van der Waals surface area contributed by atoms with Crippen LogP contribution in [0, 0.1) is 0 Å². The second kappa shape index (κ2) is 5.70. The summed E-state index contributed by atoms with van der Waals surface area (Å²) < 4.78 is 36.1. The molecule has 1 aromatic rings. The van der Waals surface area contributed by atoms with Crippen LogP contribution in [0.4, 0.5) is 18.9 Å². The molecular weight excluding hydrogens is 247 g/mol. The highest BCUT2D eigenvalue weighted by Gasteiger charge is 2.28. The first-order chi connectivity index (χ1) is 8.33. The van der Waals surface area contributed by atoms with E-state index >= 15 is 0 Å². The van der Waals surface area contributed by atoms with E-state index in [2.05, 4.69) is 10.3 Å². The minimum atomic E-state index is -4.27. The van der Waals surface area contributed by atoms with Crippen molar-refractivity contribution in [1.29, 1.82) is 0 Å². The van der Waals surface area contributed by atoms with Crippen LogP contribution in [0.1, 0.15) is 16.9 Å². The zero-order chi connectivity index (χ0) is 13.8. The fourth-order valence-electron chi connectivity index (χ4n) is 1.29.